The number of esters is 1. The van der Waals surface area contributed by atoms with Crippen molar-refractivity contribution in [3.05, 3.63) is 27.8 Å². The van der Waals surface area contributed by atoms with Gasteiger partial charge in [-0.05, 0) is 13.0 Å². The Labute approximate surface area is 140 Å². The van der Waals surface area contributed by atoms with Gasteiger partial charge in [0.2, 0.25) is 15.8 Å². The van der Waals surface area contributed by atoms with Crippen molar-refractivity contribution in [2.24, 2.45) is 0 Å². The Hall–Kier alpha value is -2.20. The van der Waals surface area contributed by atoms with Crippen molar-refractivity contribution >= 4 is 21.7 Å². The molecule has 0 radical (unpaired) electrons. The van der Waals surface area contributed by atoms with Gasteiger partial charge in [0.15, 0.2) is 0 Å². The number of hydrogen-bond acceptors (Lipinski definition) is 7. The van der Waals surface area contributed by atoms with E-state index in [0.29, 0.717) is 0 Å². The van der Waals surface area contributed by atoms with Gasteiger partial charge in [0.1, 0.15) is 5.56 Å². The van der Waals surface area contributed by atoms with E-state index in [2.05, 4.69) is 0 Å². The zero-order valence-electron chi connectivity index (χ0n) is 13.9. The number of methoxy groups -OCH3 is 1. The average Bonchev–Trinajstić information content (AvgIpc) is 2.54. The van der Waals surface area contributed by atoms with Crippen molar-refractivity contribution < 1.29 is 27.6 Å². The van der Waals surface area contributed by atoms with Crippen LogP contribution in [0, 0.1) is 10.1 Å². The molecule has 0 amide bonds. The number of carbonyl (C=O) groups excluding carboxylic acids is 1. The van der Waals surface area contributed by atoms with Crippen LogP contribution in [-0.2, 0) is 14.8 Å². The maximum atomic E-state index is 12.6. The number of sulfonamides is 1. The number of ether oxygens (including phenoxy) is 2. The number of carbonyl (C=O) groups is 1. The highest BCUT2D eigenvalue weighted by molar-refractivity contribution is 7.89. The largest absolute Gasteiger partial charge is 0.490 e. The predicted molar refractivity (Wildman–Crippen MR) is 85.7 cm³/mol. The Bertz CT molecular complexity index is 727. The summed E-state index contributed by atoms with van der Waals surface area (Å²) in [7, 11) is -2.83. The molecular weight excluding hydrogens is 340 g/mol. The van der Waals surface area contributed by atoms with Crippen molar-refractivity contribution in [1.82, 2.24) is 4.31 Å². The fourth-order valence-corrected chi connectivity index (χ4v) is 3.67. The van der Waals surface area contributed by atoms with Gasteiger partial charge in [0.25, 0.3) is 0 Å². The standard InChI is InChI=1S/C14H20N2O7S/c1-5-15(6-2)24(20,21)10-8-11(14(17)23-7-3)13(22-4)12(9-10)16(18)19/h8-9H,5-7H2,1-4H3. The zero-order chi connectivity index (χ0) is 18.5. The van der Waals surface area contributed by atoms with E-state index in [1.54, 1.807) is 20.8 Å². The molecule has 134 valence electrons. The summed E-state index contributed by atoms with van der Waals surface area (Å²) in [6, 6.07) is 1.92. The summed E-state index contributed by atoms with van der Waals surface area (Å²) in [5, 5.41) is 11.3. The molecule has 0 aliphatic heterocycles. The zero-order valence-corrected chi connectivity index (χ0v) is 14.8. The molecule has 0 aromatic heterocycles. The van der Waals surface area contributed by atoms with E-state index in [0.717, 1.165) is 23.5 Å². The third kappa shape index (κ3) is 3.82. The van der Waals surface area contributed by atoms with Crippen LogP contribution >= 0.6 is 0 Å². The van der Waals surface area contributed by atoms with Gasteiger partial charge in [-0.15, -0.1) is 0 Å². The Morgan fingerprint density at radius 2 is 1.83 bits per heavy atom. The van der Waals surface area contributed by atoms with Gasteiger partial charge >= 0.3 is 11.7 Å². The van der Waals surface area contributed by atoms with Crippen LogP contribution < -0.4 is 4.74 Å². The lowest BCUT2D eigenvalue weighted by atomic mass is 10.1. The topological polar surface area (TPSA) is 116 Å². The Morgan fingerprint density at radius 3 is 2.25 bits per heavy atom. The summed E-state index contributed by atoms with van der Waals surface area (Å²) in [6.45, 7) is 5.26. The first kappa shape index (κ1) is 19.8. The van der Waals surface area contributed by atoms with Crippen molar-refractivity contribution in [1.29, 1.82) is 0 Å². The molecule has 0 spiro atoms. The molecule has 10 heteroatoms. The minimum atomic E-state index is -3.99. The molecule has 24 heavy (non-hydrogen) atoms. The van der Waals surface area contributed by atoms with Crippen LogP contribution in [0.2, 0.25) is 0 Å². The lowest BCUT2D eigenvalue weighted by molar-refractivity contribution is -0.386. The smallest absolute Gasteiger partial charge is 0.342 e. The highest BCUT2D eigenvalue weighted by atomic mass is 32.2. The van der Waals surface area contributed by atoms with E-state index < -0.39 is 26.6 Å². The number of rotatable bonds is 8. The van der Waals surface area contributed by atoms with Crippen molar-refractivity contribution in [2.75, 3.05) is 26.8 Å². The predicted octanol–water partition coefficient (Wildman–Crippen LogP) is 1.81. The third-order valence-electron chi connectivity index (χ3n) is 3.28. The number of hydrogen-bond donors (Lipinski definition) is 0. The highest BCUT2D eigenvalue weighted by Gasteiger charge is 2.31. The third-order valence-corrected chi connectivity index (χ3v) is 5.31. The van der Waals surface area contributed by atoms with Crippen LogP contribution in [0.4, 0.5) is 5.69 Å². The van der Waals surface area contributed by atoms with Gasteiger partial charge in [0.05, 0.1) is 23.5 Å². The quantitative estimate of drug-likeness (QED) is 0.394. The molecule has 0 saturated carbocycles. The molecule has 0 N–H and O–H groups in total. The van der Waals surface area contributed by atoms with E-state index in [-0.39, 0.29) is 35.9 Å². The summed E-state index contributed by atoms with van der Waals surface area (Å²) >= 11 is 0. The van der Waals surface area contributed by atoms with Gasteiger partial charge < -0.3 is 9.47 Å². The Morgan fingerprint density at radius 1 is 1.25 bits per heavy atom. The molecule has 9 nitrogen and oxygen atoms in total. The lowest BCUT2D eigenvalue weighted by Gasteiger charge is -2.19. The molecule has 1 aromatic carbocycles. The van der Waals surface area contributed by atoms with Gasteiger partial charge in [-0.3, -0.25) is 10.1 Å². The van der Waals surface area contributed by atoms with Gasteiger partial charge in [-0.25, -0.2) is 13.2 Å². The molecular formula is C14H20N2O7S. The number of benzene rings is 1. The first-order valence-corrected chi connectivity index (χ1v) is 8.72. The van der Waals surface area contributed by atoms with Gasteiger partial charge in [0, 0.05) is 19.2 Å². The Kier molecular flexibility index (Phi) is 6.67. The van der Waals surface area contributed by atoms with Crippen molar-refractivity contribution in [3.63, 3.8) is 0 Å². The minimum absolute atomic E-state index is 0.0306. The van der Waals surface area contributed by atoms with Crippen LogP contribution in [0.5, 0.6) is 5.75 Å². The van der Waals surface area contributed by atoms with Crippen LogP contribution in [0.15, 0.2) is 17.0 Å². The van der Waals surface area contributed by atoms with Crippen molar-refractivity contribution in [3.8, 4) is 5.75 Å². The minimum Gasteiger partial charge on any atom is -0.490 e. The second kappa shape index (κ2) is 8.06. The first-order valence-electron chi connectivity index (χ1n) is 7.28. The monoisotopic (exact) mass is 360 g/mol. The second-order valence-corrected chi connectivity index (χ2v) is 6.53. The van der Waals surface area contributed by atoms with E-state index in [4.69, 9.17) is 9.47 Å². The van der Waals surface area contributed by atoms with Gasteiger partial charge in [-0.2, -0.15) is 4.31 Å². The molecule has 0 unspecified atom stereocenters. The fourth-order valence-electron chi connectivity index (χ4n) is 2.16. The maximum absolute atomic E-state index is 12.6. The van der Waals surface area contributed by atoms with Crippen LogP contribution in [0.1, 0.15) is 31.1 Å². The second-order valence-electron chi connectivity index (χ2n) is 4.59. The van der Waals surface area contributed by atoms with E-state index >= 15 is 0 Å². The summed E-state index contributed by atoms with van der Waals surface area (Å²) in [4.78, 5) is 22.2. The highest BCUT2D eigenvalue weighted by Crippen LogP contribution is 2.35. The van der Waals surface area contributed by atoms with E-state index in [1.165, 1.54) is 0 Å². The SMILES string of the molecule is CCOC(=O)c1cc(S(=O)(=O)N(CC)CC)cc([N+](=O)[O-])c1OC. The average molecular weight is 360 g/mol. The molecule has 0 heterocycles. The number of nitrogens with zero attached hydrogens (tertiary/aromatic N) is 2. The van der Waals surface area contributed by atoms with Crippen LogP contribution in [0.25, 0.3) is 0 Å². The molecule has 0 fully saturated rings. The van der Waals surface area contributed by atoms with Crippen LogP contribution in [0.3, 0.4) is 0 Å². The van der Waals surface area contributed by atoms with Crippen LogP contribution in [-0.4, -0.2) is 50.4 Å². The molecule has 0 aliphatic carbocycles. The molecule has 0 aliphatic rings. The molecule has 1 aromatic rings. The Balaban J connectivity index is 3.70. The van der Waals surface area contributed by atoms with Gasteiger partial charge in [-0.1, -0.05) is 13.8 Å². The lowest BCUT2D eigenvalue weighted by Crippen LogP contribution is -2.30. The summed E-state index contributed by atoms with van der Waals surface area (Å²) in [5.41, 5.74) is -0.923. The number of nitro benzene ring substituents is 1. The number of nitro groups is 1. The normalized spacial score (nSPS) is 11.4. The fraction of sp³-hybridized carbons (Fsp3) is 0.500. The first-order chi connectivity index (χ1) is 11.2. The molecule has 0 atom stereocenters. The summed E-state index contributed by atoms with van der Waals surface area (Å²) in [6.07, 6.45) is 0. The van der Waals surface area contributed by atoms with E-state index in [9.17, 15) is 23.3 Å². The summed E-state index contributed by atoms with van der Waals surface area (Å²) < 4.78 is 36.1. The van der Waals surface area contributed by atoms with Crippen molar-refractivity contribution in [2.45, 2.75) is 25.7 Å². The molecule has 1 rings (SSSR count). The van der Waals surface area contributed by atoms with E-state index in [1.807, 2.05) is 0 Å². The molecule has 0 bridgehead atoms. The molecule has 0 saturated heterocycles. The summed E-state index contributed by atoms with van der Waals surface area (Å²) in [5.74, 6) is -1.23. The maximum Gasteiger partial charge on any atom is 0.342 e.